The number of aliphatic hydroxyl groups is 2. The summed E-state index contributed by atoms with van der Waals surface area (Å²) < 4.78 is 19.2. The van der Waals surface area contributed by atoms with Gasteiger partial charge in [-0.05, 0) is 40.7 Å². The van der Waals surface area contributed by atoms with Crippen molar-refractivity contribution in [1.82, 2.24) is 4.98 Å². The predicted molar refractivity (Wildman–Crippen MR) is 126 cm³/mol. The maximum Gasteiger partial charge on any atom is 0.313 e. The van der Waals surface area contributed by atoms with Crippen LogP contribution in [0.2, 0.25) is 0 Å². The van der Waals surface area contributed by atoms with Crippen molar-refractivity contribution in [3.63, 3.8) is 0 Å². The van der Waals surface area contributed by atoms with E-state index in [1.807, 2.05) is 27.7 Å². The molecular formula is C26H34FNO5. The van der Waals surface area contributed by atoms with Crippen molar-refractivity contribution in [2.24, 2.45) is 0 Å². The van der Waals surface area contributed by atoms with E-state index in [4.69, 9.17) is 9.72 Å². The average molecular weight is 460 g/mol. The molecule has 7 heteroatoms. The summed E-state index contributed by atoms with van der Waals surface area (Å²) in [7, 11) is 1.54. The molecule has 0 aliphatic heterocycles. The minimum absolute atomic E-state index is 0.0108. The molecule has 0 aliphatic rings. The van der Waals surface area contributed by atoms with E-state index in [-0.39, 0.29) is 24.9 Å². The first-order valence-corrected chi connectivity index (χ1v) is 11.1. The lowest BCUT2D eigenvalue weighted by Crippen LogP contribution is -2.31. The van der Waals surface area contributed by atoms with Gasteiger partial charge in [-0.1, -0.05) is 45.9 Å². The van der Waals surface area contributed by atoms with Crippen molar-refractivity contribution in [3.8, 4) is 11.1 Å². The van der Waals surface area contributed by atoms with Gasteiger partial charge in [-0.25, -0.2) is 4.39 Å². The van der Waals surface area contributed by atoms with E-state index in [9.17, 15) is 24.5 Å². The number of aromatic nitrogens is 1. The van der Waals surface area contributed by atoms with Gasteiger partial charge in [0.25, 0.3) is 0 Å². The Bertz CT molecular complexity index is 972. The molecule has 0 amide bonds. The summed E-state index contributed by atoms with van der Waals surface area (Å²) in [5, 5.41) is 31.2. The molecule has 2 rings (SSSR count). The van der Waals surface area contributed by atoms with Crippen LogP contribution in [0.3, 0.4) is 0 Å². The molecule has 1 aromatic heterocycles. The van der Waals surface area contributed by atoms with Crippen LogP contribution in [0, 0.1) is 5.82 Å². The molecule has 0 saturated heterocycles. The Kier molecular flexibility index (Phi) is 9.28. The number of aliphatic hydroxyl groups excluding tert-OH is 2. The molecule has 6 nitrogen and oxygen atoms in total. The van der Waals surface area contributed by atoms with Crippen LogP contribution in [0.15, 0.2) is 36.9 Å². The minimum Gasteiger partial charge on any atom is -0.481 e. The Morgan fingerprint density at radius 3 is 2.15 bits per heavy atom. The van der Waals surface area contributed by atoms with E-state index in [0.717, 1.165) is 5.69 Å². The summed E-state index contributed by atoms with van der Waals surface area (Å²) >= 11 is 0. The number of ether oxygens (including phenoxy) is 1. The van der Waals surface area contributed by atoms with Crippen LogP contribution in [0.5, 0.6) is 0 Å². The molecule has 1 heterocycles. The Hall–Kier alpha value is -2.61. The SMILES string of the molecule is C=CC(O)CC(O)C(C(=O)O)c1c(C(C)C)nc(C(C)C)c(COC)c1-c1ccc(F)cc1. The Morgan fingerprint density at radius 2 is 1.70 bits per heavy atom. The highest BCUT2D eigenvalue weighted by Crippen LogP contribution is 2.42. The van der Waals surface area contributed by atoms with Crippen LogP contribution in [0.25, 0.3) is 11.1 Å². The first-order valence-electron chi connectivity index (χ1n) is 11.1. The normalized spacial score (nSPS) is 14.4. The highest BCUT2D eigenvalue weighted by molar-refractivity contribution is 5.84. The lowest BCUT2D eigenvalue weighted by molar-refractivity contribution is -0.142. The maximum atomic E-state index is 13.8. The van der Waals surface area contributed by atoms with Crippen molar-refractivity contribution >= 4 is 5.97 Å². The van der Waals surface area contributed by atoms with E-state index in [1.165, 1.54) is 18.2 Å². The molecule has 3 N–H and O–H groups in total. The van der Waals surface area contributed by atoms with Gasteiger partial charge in [0.1, 0.15) is 11.7 Å². The summed E-state index contributed by atoms with van der Waals surface area (Å²) in [6.07, 6.45) is -1.43. The fourth-order valence-electron chi connectivity index (χ4n) is 4.11. The van der Waals surface area contributed by atoms with Crippen LogP contribution < -0.4 is 0 Å². The zero-order chi connectivity index (χ0) is 24.9. The Labute approximate surface area is 194 Å². The van der Waals surface area contributed by atoms with Gasteiger partial charge < -0.3 is 20.1 Å². The van der Waals surface area contributed by atoms with Gasteiger partial charge in [-0.15, -0.1) is 6.58 Å². The second kappa shape index (κ2) is 11.5. The molecule has 0 fully saturated rings. The van der Waals surface area contributed by atoms with E-state index in [0.29, 0.717) is 27.9 Å². The third-order valence-corrected chi connectivity index (χ3v) is 5.63. The fraction of sp³-hybridized carbons (Fsp3) is 0.462. The van der Waals surface area contributed by atoms with E-state index >= 15 is 0 Å². The number of carboxylic acids is 1. The second-order valence-electron chi connectivity index (χ2n) is 8.82. The molecule has 0 spiro atoms. The largest absolute Gasteiger partial charge is 0.481 e. The predicted octanol–water partition coefficient (Wildman–Crippen LogP) is 4.75. The molecule has 180 valence electrons. The number of hydrogen-bond acceptors (Lipinski definition) is 5. The molecule has 0 bridgehead atoms. The lowest BCUT2D eigenvalue weighted by atomic mass is 9.79. The molecule has 0 saturated carbocycles. The first kappa shape index (κ1) is 26.6. The Morgan fingerprint density at radius 1 is 1.12 bits per heavy atom. The standard InChI is InChI=1S/C26H34FNO5/c1-7-18(29)12-20(30)22(26(31)32)23-21(16-8-10-17(27)11-9-16)19(13-33-6)24(14(2)3)28-25(23)15(4)5/h7-11,14-15,18,20,22,29-30H,1,12-13H2,2-6H3,(H,31,32). The van der Waals surface area contributed by atoms with Crippen molar-refractivity contribution in [1.29, 1.82) is 0 Å². The molecule has 2 aromatic rings. The number of carboxylic acid groups (broad SMARTS) is 1. The van der Waals surface area contributed by atoms with Crippen LogP contribution in [-0.2, 0) is 16.1 Å². The van der Waals surface area contributed by atoms with Gasteiger partial charge in [-0.2, -0.15) is 0 Å². The number of carbonyl (C=O) groups is 1. The van der Waals surface area contributed by atoms with Gasteiger partial charge in [-0.3, -0.25) is 9.78 Å². The van der Waals surface area contributed by atoms with E-state index < -0.39 is 29.9 Å². The van der Waals surface area contributed by atoms with E-state index in [1.54, 1.807) is 19.2 Å². The smallest absolute Gasteiger partial charge is 0.313 e. The summed E-state index contributed by atoms with van der Waals surface area (Å²) in [6.45, 7) is 11.5. The van der Waals surface area contributed by atoms with Crippen molar-refractivity contribution < 1.29 is 29.2 Å². The number of pyridine rings is 1. The molecular weight excluding hydrogens is 425 g/mol. The third kappa shape index (κ3) is 6.05. The topological polar surface area (TPSA) is 99.9 Å². The maximum absolute atomic E-state index is 13.8. The lowest BCUT2D eigenvalue weighted by Gasteiger charge is -2.30. The van der Waals surface area contributed by atoms with Gasteiger partial charge >= 0.3 is 5.97 Å². The Balaban J connectivity index is 3.01. The molecule has 1 aromatic carbocycles. The van der Waals surface area contributed by atoms with Crippen LogP contribution in [-0.4, -0.2) is 45.6 Å². The first-order chi connectivity index (χ1) is 15.5. The zero-order valence-electron chi connectivity index (χ0n) is 19.9. The number of hydrogen-bond donors (Lipinski definition) is 3. The number of nitrogens with zero attached hydrogens (tertiary/aromatic N) is 1. The molecule has 33 heavy (non-hydrogen) atoms. The van der Waals surface area contributed by atoms with Crippen molar-refractivity contribution in [3.05, 3.63) is 65.3 Å². The second-order valence-corrected chi connectivity index (χ2v) is 8.82. The van der Waals surface area contributed by atoms with Crippen LogP contribution in [0.1, 0.15) is 74.4 Å². The summed E-state index contributed by atoms with van der Waals surface area (Å²) in [5.74, 6) is -3.18. The monoisotopic (exact) mass is 459 g/mol. The minimum atomic E-state index is -1.41. The van der Waals surface area contributed by atoms with Gasteiger partial charge in [0.05, 0.1) is 18.8 Å². The summed E-state index contributed by atoms with van der Waals surface area (Å²) in [4.78, 5) is 17.4. The number of rotatable bonds is 11. The number of methoxy groups -OCH3 is 1. The van der Waals surface area contributed by atoms with E-state index in [2.05, 4.69) is 6.58 Å². The van der Waals surface area contributed by atoms with Gasteiger partial charge in [0.15, 0.2) is 0 Å². The molecule has 3 unspecified atom stereocenters. The number of halogens is 1. The third-order valence-electron chi connectivity index (χ3n) is 5.63. The fourth-order valence-corrected chi connectivity index (χ4v) is 4.11. The summed E-state index contributed by atoms with van der Waals surface area (Å²) in [5.41, 5.74) is 3.52. The van der Waals surface area contributed by atoms with Gasteiger partial charge in [0, 0.05) is 30.5 Å². The molecule has 3 atom stereocenters. The van der Waals surface area contributed by atoms with Crippen LogP contribution >= 0.6 is 0 Å². The highest BCUT2D eigenvalue weighted by Gasteiger charge is 2.37. The summed E-state index contributed by atoms with van der Waals surface area (Å²) in [6, 6.07) is 5.80. The number of benzene rings is 1. The highest BCUT2D eigenvalue weighted by atomic mass is 19.1. The molecule has 0 aliphatic carbocycles. The quantitative estimate of drug-likeness (QED) is 0.420. The molecule has 0 radical (unpaired) electrons. The van der Waals surface area contributed by atoms with Crippen LogP contribution in [0.4, 0.5) is 4.39 Å². The van der Waals surface area contributed by atoms with Crippen molar-refractivity contribution in [2.75, 3.05) is 7.11 Å². The van der Waals surface area contributed by atoms with Gasteiger partial charge in [0.2, 0.25) is 0 Å². The average Bonchev–Trinajstić information content (AvgIpc) is 2.74. The van der Waals surface area contributed by atoms with Crippen molar-refractivity contribution in [2.45, 2.75) is 70.7 Å². The zero-order valence-corrected chi connectivity index (χ0v) is 19.9. The number of aliphatic carboxylic acids is 1.